The number of aromatic nitrogens is 1. The van der Waals surface area contributed by atoms with E-state index in [2.05, 4.69) is 10.9 Å². The second-order valence-corrected chi connectivity index (χ2v) is 2.23. The van der Waals surface area contributed by atoms with Crippen LogP contribution in [0.25, 0.3) is 0 Å². The van der Waals surface area contributed by atoms with Crippen molar-refractivity contribution < 1.29 is 4.74 Å². The first kappa shape index (κ1) is 7.90. The van der Waals surface area contributed by atoms with Gasteiger partial charge in [-0.1, -0.05) is 11.6 Å². The molecule has 0 radical (unpaired) electrons. The Morgan fingerprint density at radius 3 is 2.91 bits per heavy atom. The average molecular weight is 168 g/mol. The standard InChI is InChI=1S/C8H6ClNO/c1-3-7-8(11-2)6(9)4-5-10-7/h1,4-5H,2H3. The minimum Gasteiger partial charge on any atom is -0.492 e. The number of hydrogen-bond acceptors (Lipinski definition) is 2. The van der Waals surface area contributed by atoms with E-state index in [1.54, 1.807) is 12.3 Å². The lowest BCUT2D eigenvalue weighted by Gasteiger charge is -2.02. The van der Waals surface area contributed by atoms with Crippen molar-refractivity contribution in [2.75, 3.05) is 7.11 Å². The Kier molecular flexibility index (Phi) is 2.35. The van der Waals surface area contributed by atoms with Crippen molar-refractivity contribution in [3.05, 3.63) is 23.0 Å². The fourth-order valence-electron chi connectivity index (χ4n) is 0.722. The zero-order chi connectivity index (χ0) is 8.27. The molecule has 1 rings (SSSR count). The van der Waals surface area contributed by atoms with Gasteiger partial charge < -0.3 is 4.74 Å². The number of rotatable bonds is 1. The lowest BCUT2D eigenvalue weighted by molar-refractivity contribution is 0.412. The van der Waals surface area contributed by atoms with E-state index >= 15 is 0 Å². The number of nitrogens with zero attached hydrogens (tertiary/aromatic N) is 1. The Balaban J connectivity index is 3.27. The summed E-state index contributed by atoms with van der Waals surface area (Å²) in [5.41, 5.74) is 0.431. The van der Waals surface area contributed by atoms with E-state index in [0.29, 0.717) is 16.5 Å². The molecule has 2 nitrogen and oxygen atoms in total. The van der Waals surface area contributed by atoms with Gasteiger partial charge in [-0.25, -0.2) is 4.98 Å². The third kappa shape index (κ3) is 1.44. The molecule has 0 amide bonds. The molecule has 0 N–H and O–H groups in total. The van der Waals surface area contributed by atoms with Crippen molar-refractivity contribution in [1.29, 1.82) is 0 Å². The van der Waals surface area contributed by atoms with Gasteiger partial charge in [0, 0.05) is 6.20 Å². The van der Waals surface area contributed by atoms with Crippen LogP contribution in [-0.4, -0.2) is 12.1 Å². The molecule has 0 aromatic carbocycles. The van der Waals surface area contributed by atoms with Crippen LogP contribution >= 0.6 is 11.6 Å². The predicted octanol–water partition coefficient (Wildman–Crippen LogP) is 1.72. The molecule has 0 aliphatic heterocycles. The van der Waals surface area contributed by atoms with Crippen LogP contribution in [-0.2, 0) is 0 Å². The fraction of sp³-hybridized carbons (Fsp3) is 0.125. The van der Waals surface area contributed by atoms with E-state index < -0.39 is 0 Å². The van der Waals surface area contributed by atoms with Gasteiger partial charge in [-0.2, -0.15) is 0 Å². The third-order valence-electron chi connectivity index (χ3n) is 1.20. The molecule has 0 aliphatic rings. The maximum Gasteiger partial charge on any atom is 0.171 e. The summed E-state index contributed by atoms with van der Waals surface area (Å²) in [4.78, 5) is 3.88. The lowest BCUT2D eigenvalue weighted by Crippen LogP contribution is -1.91. The largest absolute Gasteiger partial charge is 0.492 e. The van der Waals surface area contributed by atoms with Crippen LogP contribution in [0, 0.1) is 12.3 Å². The highest BCUT2D eigenvalue weighted by Crippen LogP contribution is 2.25. The zero-order valence-corrected chi connectivity index (χ0v) is 6.72. The highest BCUT2D eigenvalue weighted by atomic mass is 35.5. The molecule has 11 heavy (non-hydrogen) atoms. The topological polar surface area (TPSA) is 22.1 Å². The number of hydrogen-bond donors (Lipinski definition) is 0. The second-order valence-electron chi connectivity index (χ2n) is 1.82. The van der Waals surface area contributed by atoms with Gasteiger partial charge >= 0.3 is 0 Å². The summed E-state index contributed by atoms with van der Waals surface area (Å²) in [6, 6.07) is 1.63. The maximum atomic E-state index is 5.75. The van der Waals surface area contributed by atoms with Crippen LogP contribution in [0.4, 0.5) is 0 Å². The van der Waals surface area contributed by atoms with E-state index in [-0.39, 0.29) is 0 Å². The third-order valence-corrected chi connectivity index (χ3v) is 1.49. The van der Waals surface area contributed by atoms with Crippen molar-refractivity contribution in [1.82, 2.24) is 4.98 Å². The Labute approximate surface area is 70.2 Å². The summed E-state index contributed by atoms with van der Waals surface area (Å²) in [5.74, 6) is 2.82. The molecular weight excluding hydrogens is 162 g/mol. The van der Waals surface area contributed by atoms with Gasteiger partial charge in [-0.3, -0.25) is 0 Å². The van der Waals surface area contributed by atoms with Gasteiger partial charge in [0.05, 0.1) is 12.1 Å². The summed E-state index contributed by atoms with van der Waals surface area (Å²) in [5, 5.41) is 0.482. The second kappa shape index (κ2) is 3.27. The van der Waals surface area contributed by atoms with E-state index in [9.17, 15) is 0 Å². The van der Waals surface area contributed by atoms with E-state index in [1.807, 2.05) is 0 Å². The first-order valence-corrected chi connectivity index (χ1v) is 3.32. The Morgan fingerprint density at radius 2 is 2.45 bits per heavy atom. The molecule has 1 aromatic heterocycles. The number of pyridine rings is 1. The molecule has 0 spiro atoms. The van der Waals surface area contributed by atoms with E-state index in [0.717, 1.165) is 0 Å². The van der Waals surface area contributed by atoms with Crippen LogP contribution in [0.15, 0.2) is 12.3 Å². The summed E-state index contributed by atoms with van der Waals surface area (Å²) >= 11 is 5.75. The molecule has 0 bridgehead atoms. The molecule has 0 atom stereocenters. The van der Waals surface area contributed by atoms with Gasteiger partial charge in [0.25, 0.3) is 0 Å². The van der Waals surface area contributed by atoms with Crippen molar-refractivity contribution >= 4 is 11.6 Å². The maximum absolute atomic E-state index is 5.75. The number of ether oxygens (including phenoxy) is 1. The van der Waals surface area contributed by atoms with Crippen molar-refractivity contribution in [2.45, 2.75) is 0 Å². The Hall–Kier alpha value is -1.20. The number of halogens is 1. The monoisotopic (exact) mass is 167 g/mol. The van der Waals surface area contributed by atoms with E-state index in [1.165, 1.54) is 7.11 Å². The molecule has 1 aromatic rings. The molecule has 3 heteroatoms. The summed E-state index contributed by atoms with van der Waals surface area (Å²) in [6.07, 6.45) is 6.69. The molecule has 0 fully saturated rings. The lowest BCUT2D eigenvalue weighted by atomic mass is 10.3. The molecule has 0 aliphatic carbocycles. The van der Waals surface area contributed by atoms with Gasteiger partial charge in [0.2, 0.25) is 0 Å². The van der Waals surface area contributed by atoms with Crippen LogP contribution in [0.5, 0.6) is 5.75 Å². The predicted molar refractivity (Wildman–Crippen MR) is 43.7 cm³/mol. The van der Waals surface area contributed by atoms with Crippen LogP contribution in [0.2, 0.25) is 5.02 Å². The molecule has 0 saturated heterocycles. The molecule has 0 saturated carbocycles. The molecule has 1 heterocycles. The first-order chi connectivity index (χ1) is 5.29. The number of methoxy groups -OCH3 is 1. The van der Waals surface area contributed by atoms with Crippen LogP contribution in [0.1, 0.15) is 5.69 Å². The Bertz CT molecular complexity index is 303. The van der Waals surface area contributed by atoms with Crippen molar-refractivity contribution in [3.63, 3.8) is 0 Å². The zero-order valence-electron chi connectivity index (χ0n) is 5.97. The summed E-state index contributed by atoms with van der Waals surface area (Å²) in [6.45, 7) is 0. The van der Waals surface area contributed by atoms with Gasteiger partial charge in [0.15, 0.2) is 11.4 Å². The number of terminal acetylenes is 1. The SMILES string of the molecule is C#Cc1nccc(Cl)c1OC. The minimum absolute atomic E-state index is 0.431. The summed E-state index contributed by atoms with van der Waals surface area (Å²) < 4.78 is 4.93. The fourth-order valence-corrected chi connectivity index (χ4v) is 0.945. The van der Waals surface area contributed by atoms with Gasteiger partial charge in [0.1, 0.15) is 0 Å². The highest BCUT2D eigenvalue weighted by Gasteiger charge is 2.04. The minimum atomic E-state index is 0.431. The van der Waals surface area contributed by atoms with Gasteiger partial charge in [-0.15, -0.1) is 6.42 Å². The quantitative estimate of drug-likeness (QED) is 0.595. The molecule has 0 unspecified atom stereocenters. The van der Waals surface area contributed by atoms with Crippen molar-refractivity contribution in [2.24, 2.45) is 0 Å². The average Bonchev–Trinajstić information content (AvgIpc) is 2.04. The molecular formula is C8H6ClNO. The van der Waals surface area contributed by atoms with Crippen LogP contribution < -0.4 is 4.74 Å². The first-order valence-electron chi connectivity index (χ1n) is 2.94. The van der Waals surface area contributed by atoms with Crippen molar-refractivity contribution in [3.8, 4) is 18.1 Å². The van der Waals surface area contributed by atoms with Crippen LogP contribution in [0.3, 0.4) is 0 Å². The molecule has 56 valence electrons. The highest BCUT2D eigenvalue weighted by molar-refractivity contribution is 6.32. The van der Waals surface area contributed by atoms with E-state index in [4.69, 9.17) is 22.8 Å². The normalized spacial score (nSPS) is 8.82. The smallest absolute Gasteiger partial charge is 0.171 e. The van der Waals surface area contributed by atoms with Gasteiger partial charge in [-0.05, 0) is 12.0 Å². The summed E-state index contributed by atoms with van der Waals surface area (Å²) in [7, 11) is 1.50. The Morgan fingerprint density at radius 1 is 1.73 bits per heavy atom.